The second-order valence-corrected chi connectivity index (χ2v) is 7.01. The summed E-state index contributed by atoms with van der Waals surface area (Å²) in [5.74, 6) is 0. The number of hydrogen-bond acceptors (Lipinski definition) is 3. The van der Waals surface area contributed by atoms with Gasteiger partial charge in [0.1, 0.15) is 0 Å². The first-order chi connectivity index (χ1) is 9.36. The first-order valence-electron chi connectivity index (χ1n) is 7.04. The summed E-state index contributed by atoms with van der Waals surface area (Å²) in [6.45, 7) is 11.8. The van der Waals surface area contributed by atoms with Gasteiger partial charge in [-0.15, -0.1) is 0 Å². The van der Waals surface area contributed by atoms with Gasteiger partial charge in [-0.3, -0.25) is 9.58 Å². The molecule has 0 aromatic carbocycles. The van der Waals surface area contributed by atoms with E-state index >= 15 is 0 Å². The van der Waals surface area contributed by atoms with Crippen LogP contribution in [0, 0.1) is 6.92 Å². The van der Waals surface area contributed by atoms with Gasteiger partial charge >= 0.3 is 0 Å². The number of halogens is 2. The van der Waals surface area contributed by atoms with Crippen molar-refractivity contribution >= 4 is 27.5 Å². The predicted molar refractivity (Wildman–Crippen MR) is 85.7 cm³/mol. The molecular weight excluding hydrogens is 342 g/mol. The van der Waals surface area contributed by atoms with Crippen molar-refractivity contribution < 1.29 is 4.74 Å². The highest BCUT2D eigenvalue weighted by atomic mass is 79.9. The number of morpholine rings is 1. The largest absolute Gasteiger partial charge is 0.369 e. The Hall–Kier alpha value is -0.100. The number of aryl methyl sites for hydroxylation is 2. The Bertz CT molecular complexity index is 475. The first kappa shape index (κ1) is 16.3. The summed E-state index contributed by atoms with van der Waals surface area (Å²) in [4.78, 5) is 2.41. The van der Waals surface area contributed by atoms with E-state index in [0.717, 1.165) is 47.9 Å². The van der Waals surface area contributed by atoms with Crippen LogP contribution in [0.15, 0.2) is 0 Å². The fourth-order valence-electron chi connectivity index (χ4n) is 2.85. The van der Waals surface area contributed by atoms with E-state index in [9.17, 15) is 0 Å². The van der Waals surface area contributed by atoms with Crippen LogP contribution in [0.1, 0.15) is 32.2 Å². The average Bonchev–Trinajstić information content (AvgIpc) is 2.64. The van der Waals surface area contributed by atoms with Gasteiger partial charge in [-0.1, -0.05) is 27.5 Å². The molecule has 1 aliphatic rings. The predicted octanol–water partition coefficient (Wildman–Crippen LogP) is 3.24. The number of ether oxygens (including phenoxy) is 1. The van der Waals surface area contributed by atoms with Crippen molar-refractivity contribution in [3.63, 3.8) is 0 Å². The third-order valence-corrected chi connectivity index (χ3v) is 4.76. The molecule has 4 nitrogen and oxygen atoms in total. The molecule has 0 radical (unpaired) electrons. The molecule has 0 N–H and O–H groups in total. The molecule has 0 aliphatic carbocycles. The Labute approximate surface area is 134 Å². The van der Waals surface area contributed by atoms with E-state index in [1.807, 2.05) is 11.6 Å². The molecule has 2 rings (SSSR count). The van der Waals surface area contributed by atoms with Crippen LogP contribution >= 0.6 is 27.5 Å². The fourth-order valence-corrected chi connectivity index (χ4v) is 3.38. The number of rotatable bonds is 4. The summed E-state index contributed by atoms with van der Waals surface area (Å²) < 4.78 is 8.04. The van der Waals surface area contributed by atoms with Crippen LogP contribution in [0.2, 0.25) is 5.02 Å². The van der Waals surface area contributed by atoms with Gasteiger partial charge in [-0.05, 0) is 27.7 Å². The van der Waals surface area contributed by atoms with Crippen LogP contribution in [0.4, 0.5) is 0 Å². The monoisotopic (exact) mass is 363 g/mol. The van der Waals surface area contributed by atoms with Gasteiger partial charge in [0.05, 0.1) is 28.1 Å². The summed E-state index contributed by atoms with van der Waals surface area (Å²) in [6, 6.07) is 0. The van der Waals surface area contributed by atoms with Gasteiger partial charge in [0.15, 0.2) is 0 Å². The maximum absolute atomic E-state index is 6.40. The third-order valence-electron chi connectivity index (χ3n) is 3.55. The third kappa shape index (κ3) is 3.56. The van der Waals surface area contributed by atoms with E-state index in [-0.39, 0.29) is 11.7 Å². The van der Waals surface area contributed by atoms with E-state index in [1.54, 1.807) is 0 Å². The minimum atomic E-state index is -0.130. The summed E-state index contributed by atoms with van der Waals surface area (Å²) in [5, 5.41) is 6.14. The quantitative estimate of drug-likeness (QED) is 0.768. The van der Waals surface area contributed by atoms with Crippen LogP contribution < -0.4 is 0 Å². The molecule has 2 heterocycles. The second-order valence-electron chi connectivity index (χ2n) is 5.99. The zero-order valence-electron chi connectivity index (χ0n) is 12.6. The molecule has 0 bridgehead atoms. The Morgan fingerprint density at radius 1 is 1.50 bits per heavy atom. The molecule has 1 aromatic rings. The lowest BCUT2D eigenvalue weighted by Gasteiger charge is -2.42. The van der Waals surface area contributed by atoms with Crippen LogP contribution in [0.5, 0.6) is 0 Å². The summed E-state index contributed by atoms with van der Waals surface area (Å²) in [7, 11) is 0. The Kier molecular flexibility index (Phi) is 5.16. The van der Waals surface area contributed by atoms with Gasteiger partial charge in [0.25, 0.3) is 0 Å². The summed E-state index contributed by atoms with van der Waals surface area (Å²) in [6.07, 6.45) is 0.219. The topological polar surface area (TPSA) is 30.3 Å². The van der Waals surface area contributed by atoms with Crippen molar-refractivity contribution in [1.82, 2.24) is 14.7 Å². The highest BCUT2D eigenvalue weighted by Crippen LogP contribution is 2.26. The lowest BCUT2D eigenvalue weighted by atomic mass is 10.1. The van der Waals surface area contributed by atoms with Crippen LogP contribution in [-0.2, 0) is 17.8 Å². The molecular formula is C14H23BrClN3O. The minimum absolute atomic E-state index is 0.130. The first-order valence-corrected chi connectivity index (χ1v) is 8.54. The molecule has 114 valence electrons. The Balaban J connectivity index is 2.17. The van der Waals surface area contributed by atoms with Crippen molar-refractivity contribution in [2.24, 2.45) is 0 Å². The van der Waals surface area contributed by atoms with Gasteiger partial charge in [0.2, 0.25) is 0 Å². The molecule has 1 fully saturated rings. The van der Waals surface area contributed by atoms with Crippen LogP contribution in [-0.4, -0.2) is 44.8 Å². The van der Waals surface area contributed by atoms with Crippen LogP contribution in [0.3, 0.4) is 0 Å². The van der Waals surface area contributed by atoms with Gasteiger partial charge in [-0.2, -0.15) is 5.10 Å². The molecule has 1 aliphatic heterocycles. The highest BCUT2D eigenvalue weighted by molar-refractivity contribution is 9.09. The maximum Gasteiger partial charge on any atom is 0.0860 e. The zero-order valence-corrected chi connectivity index (χ0v) is 15.0. The molecule has 1 atom stereocenters. The molecule has 0 spiro atoms. The SMILES string of the molecule is CCn1nc(C)c(Cl)c1CN1CC(CBr)OC(C)(C)C1. The number of aromatic nitrogens is 2. The van der Waals surface area contributed by atoms with E-state index in [2.05, 4.69) is 46.7 Å². The van der Waals surface area contributed by atoms with E-state index in [1.165, 1.54) is 0 Å². The maximum atomic E-state index is 6.40. The van der Waals surface area contributed by atoms with E-state index in [4.69, 9.17) is 16.3 Å². The molecule has 1 unspecified atom stereocenters. The minimum Gasteiger partial charge on any atom is -0.369 e. The van der Waals surface area contributed by atoms with Gasteiger partial charge in [0, 0.05) is 31.5 Å². The smallest absolute Gasteiger partial charge is 0.0860 e. The standard InChI is InChI=1S/C14H23BrClN3O/c1-5-19-12(13(16)10(2)17-19)8-18-7-11(6-15)20-14(3,4)9-18/h11H,5-9H2,1-4H3. The molecule has 1 saturated heterocycles. The summed E-state index contributed by atoms with van der Waals surface area (Å²) in [5.41, 5.74) is 1.89. The van der Waals surface area contributed by atoms with Crippen molar-refractivity contribution in [2.45, 2.75) is 52.5 Å². The molecule has 1 aromatic heterocycles. The van der Waals surface area contributed by atoms with Crippen molar-refractivity contribution in [3.8, 4) is 0 Å². The second kappa shape index (κ2) is 6.34. The number of nitrogens with zero attached hydrogens (tertiary/aromatic N) is 3. The van der Waals surface area contributed by atoms with Gasteiger partial charge < -0.3 is 4.74 Å². The van der Waals surface area contributed by atoms with Crippen LogP contribution in [0.25, 0.3) is 0 Å². The number of hydrogen-bond donors (Lipinski definition) is 0. The normalized spacial score (nSPS) is 23.2. The van der Waals surface area contributed by atoms with Crippen molar-refractivity contribution in [2.75, 3.05) is 18.4 Å². The average molecular weight is 365 g/mol. The van der Waals surface area contributed by atoms with E-state index < -0.39 is 0 Å². The summed E-state index contributed by atoms with van der Waals surface area (Å²) >= 11 is 9.93. The lowest BCUT2D eigenvalue weighted by molar-refractivity contribution is -0.128. The Morgan fingerprint density at radius 3 is 2.80 bits per heavy atom. The molecule has 0 amide bonds. The fraction of sp³-hybridized carbons (Fsp3) is 0.786. The van der Waals surface area contributed by atoms with Gasteiger partial charge in [-0.25, -0.2) is 0 Å². The highest BCUT2D eigenvalue weighted by Gasteiger charge is 2.33. The Morgan fingerprint density at radius 2 is 2.20 bits per heavy atom. The lowest BCUT2D eigenvalue weighted by Crippen LogP contribution is -2.53. The molecule has 6 heteroatoms. The molecule has 0 saturated carbocycles. The number of alkyl halides is 1. The van der Waals surface area contributed by atoms with E-state index in [0.29, 0.717) is 0 Å². The molecule has 20 heavy (non-hydrogen) atoms. The van der Waals surface area contributed by atoms with Crippen molar-refractivity contribution in [1.29, 1.82) is 0 Å². The van der Waals surface area contributed by atoms with Crippen molar-refractivity contribution in [3.05, 3.63) is 16.4 Å². The zero-order chi connectivity index (χ0) is 14.9.